The molecule has 0 N–H and O–H groups in total. The normalized spacial score (nSPS) is 12.1. The maximum Gasteiger partial charge on any atom is 0.0739 e. The SMILES string of the molecule is Cc1nn(C)c(CN(CCN(C)C)CC(C)C)c1Br. The second kappa shape index (κ2) is 7.41. The molecule has 0 unspecified atom stereocenters. The van der Waals surface area contributed by atoms with Gasteiger partial charge < -0.3 is 4.90 Å². The zero-order valence-electron chi connectivity index (χ0n) is 13.1. The van der Waals surface area contributed by atoms with E-state index in [0.29, 0.717) is 5.92 Å². The Labute approximate surface area is 125 Å². The quantitative estimate of drug-likeness (QED) is 0.767. The van der Waals surface area contributed by atoms with Crippen LogP contribution in [-0.2, 0) is 13.6 Å². The third-order valence-electron chi connectivity index (χ3n) is 3.12. The molecule has 0 aromatic carbocycles. The third kappa shape index (κ3) is 5.24. The van der Waals surface area contributed by atoms with Gasteiger partial charge in [0.25, 0.3) is 0 Å². The molecule has 4 nitrogen and oxygen atoms in total. The van der Waals surface area contributed by atoms with Gasteiger partial charge in [-0.1, -0.05) is 13.8 Å². The van der Waals surface area contributed by atoms with Crippen LogP contribution in [0.15, 0.2) is 4.47 Å². The molecule has 0 aliphatic rings. The molecule has 110 valence electrons. The van der Waals surface area contributed by atoms with E-state index < -0.39 is 0 Å². The lowest BCUT2D eigenvalue weighted by atomic mass is 10.2. The van der Waals surface area contributed by atoms with Gasteiger partial charge in [-0.05, 0) is 42.9 Å². The van der Waals surface area contributed by atoms with E-state index in [1.165, 1.54) is 5.69 Å². The molecule has 1 rings (SSSR count). The summed E-state index contributed by atoms with van der Waals surface area (Å²) in [7, 11) is 6.27. The summed E-state index contributed by atoms with van der Waals surface area (Å²) >= 11 is 3.66. The summed E-state index contributed by atoms with van der Waals surface area (Å²) in [4.78, 5) is 4.74. The van der Waals surface area contributed by atoms with Crippen LogP contribution in [-0.4, -0.2) is 53.3 Å². The van der Waals surface area contributed by atoms with Gasteiger partial charge in [-0.2, -0.15) is 5.10 Å². The fraction of sp³-hybridized carbons (Fsp3) is 0.786. The highest BCUT2D eigenvalue weighted by Gasteiger charge is 2.15. The monoisotopic (exact) mass is 330 g/mol. The first-order chi connectivity index (χ1) is 8.81. The molecular formula is C14H27BrN4. The fourth-order valence-corrected chi connectivity index (χ4v) is 2.62. The topological polar surface area (TPSA) is 24.3 Å². The zero-order chi connectivity index (χ0) is 14.6. The Balaban J connectivity index is 2.75. The van der Waals surface area contributed by atoms with Crippen molar-refractivity contribution in [3.8, 4) is 0 Å². The van der Waals surface area contributed by atoms with Crippen LogP contribution in [0, 0.1) is 12.8 Å². The maximum absolute atomic E-state index is 4.47. The molecule has 1 heterocycles. The molecule has 0 spiro atoms. The molecule has 0 aliphatic heterocycles. The van der Waals surface area contributed by atoms with Gasteiger partial charge in [-0.3, -0.25) is 9.58 Å². The average Bonchev–Trinajstić information content (AvgIpc) is 2.52. The molecule has 19 heavy (non-hydrogen) atoms. The van der Waals surface area contributed by atoms with Crippen molar-refractivity contribution in [2.75, 3.05) is 33.7 Å². The van der Waals surface area contributed by atoms with E-state index in [9.17, 15) is 0 Å². The number of hydrogen-bond acceptors (Lipinski definition) is 3. The number of rotatable bonds is 7. The van der Waals surface area contributed by atoms with Crippen LogP contribution < -0.4 is 0 Å². The number of likely N-dealkylation sites (N-methyl/N-ethyl adjacent to an activating group) is 1. The summed E-state index contributed by atoms with van der Waals surface area (Å²) < 4.78 is 3.14. The summed E-state index contributed by atoms with van der Waals surface area (Å²) in [5.41, 5.74) is 2.33. The highest BCUT2D eigenvalue weighted by molar-refractivity contribution is 9.10. The van der Waals surface area contributed by atoms with E-state index in [1.807, 2.05) is 18.7 Å². The summed E-state index contributed by atoms with van der Waals surface area (Å²) in [6.07, 6.45) is 0. The van der Waals surface area contributed by atoms with Crippen LogP contribution in [0.2, 0.25) is 0 Å². The minimum atomic E-state index is 0.676. The molecular weight excluding hydrogens is 304 g/mol. The highest BCUT2D eigenvalue weighted by Crippen LogP contribution is 2.22. The van der Waals surface area contributed by atoms with E-state index >= 15 is 0 Å². The number of halogens is 1. The Kier molecular flexibility index (Phi) is 6.50. The Hall–Kier alpha value is -0.390. The second-order valence-electron chi connectivity index (χ2n) is 5.90. The van der Waals surface area contributed by atoms with E-state index in [1.54, 1.807) is 0 Å². The van der Waals surface area contributed by atoms with Gasteiger partial charge in [-0.15, -0.1) is 0 Å². The Bertz CT molecular complexity index is 398. The molecule has 1 aromatic heterocycles. The highest BCUT2D eigenvalue weighted by atomic mass is 79.9. The van der Waals surface area contributed by atoms with Crippen molar-refractivity contribution in [1.29, 1.82) is 0 Å². The van der Waals surface area contributed by atoms with Gasteiger partial charge in [0.1, 0.15) is 0 Å². The van der Waals surface area contributed by atoms with E-state index in [-0.39, 0.29) is 0 Å². The molecule has 0 saturated heterocycles. The van der Waals surface area contributed by atoms with Gasteiger partial charge in [-0.25, -0.2) is 0 Å². The third-order valence-corrected chi connectivity index (χ3v) is 4.15. The summed E-state index contributed by atoms with van der Waals surface area (Å²) in [5, 5.41) is 4.47. The van der Waals surface area contributed by atoms with Crippen LogP contribution in [0.25, 0.3) is 0 Å². The van der Waals surface area contributed by atoms with Crippen LogP contribution in [0.1, 0.15) is 25.2 Å². The van der Waals surface area contributed by atoms with Crippen molar-refractivity contribution in [1.82, 2.24) is 19.6 Å². The van der Waals surface area contributed by atoms with Crippen molar-refractivity contribution in [2.24, 2.45) is 13.0 Å². The van der Waals surface area contributed by atoms with Crippen molar-refractivity contribution in [2.45, 2.75) is 27.3 Å². The second-order valence-corrected chi connectivity index (χ2v) is 6.69. The Morgan fingerprint density at radius 3 is 2.32 bits per heavy atom. The molecule has 0 atom stereocenters. The molecule has 0 radical (unpaired) electrons. The summed E-state index contributed by atoms with van der Waals surface area (Å²) in [5.74, 6) is 0.676. The summed E-state index contributed by atoms with van der Waals surface area (Å²) in [6.45, 7) is 10.8. The molecule has 0 fully saturated rings. The standard InChI is InChI=1S/C14H27BrN4/c1-11(2)9-19(8-7-17(4)5)10-13-14(15)12(3)16-18(13)6/h11H,7-10H2,1-6H3. The van der Waals surface area contributed by atoms with Gasteiger partial charge in [0.05, 0.1) is 15.9 Å². The van der Waals surface area contributed by atoms with E-state index in [0.717, 1.165) is 36.3 Å². The minimum absolute atomic E-state index is 0.676. The number of nitrogens with zero attached hydrogens (tertiary/aromatic N) is 4. The van der Waals surface area contributed by atoms with Crippen LogP contribution in [0.3, 0.4) is 0 Å². The van der Waals surface area contributed by atoms with E-state index in [4.69, 9.17) is 0 Å². The zero-order valence-corrected chi connectivity index (χ0v) is 14.7. The maximum atomic E-state index is 4.47. The van der Waals surface area contributed by atoms with Crippen molar-refractivity contribution in [3.63, 3.8) is 0 Å². The number of aromatic nitrogens is 2. The van der Waals surface area contributed by atoms with Gasteiger partial charge in [0.15, 0.2) is 0 Å². The van der Waals surface area contributed by atoms with E-state index in [2.05, 4.69) is 58.8 Å². The molecule has 5 heteroatoms. The lowest BCUT2D eigenvalue weighted by Gasteiger charge is -2.26. The van der Waals surface area contributed by atoms with Crippen molar-refractivity contribution < 1.29 is 0 Å². The first kappa shape index (κ1) is 16.7. The Morgan fingerprint density at radius 1 is 1.26 bits per heavy atom. The predicted molar refractivity (Wildman–Crippen MR) is 84.3 cm³/mol. The van der Waals surface area contributed by atoms with Gasteiger partial charge in [0.2, 0.25) is 0 Å². The average molecular weight is 331 g/mol. The summed E-state index contributed by atoms with van der Waals surface area (Å²) in [6, 6.07) is 0. The fourth-order valence-electron chi connectivity index (χ4n) is 2.16. The van der Waals surface area contributed by atoms with Crippen LogP contribution in [0.4, 0.5) is 0 Å². The lowest BCUT2D eigenvalue weighted by Crippen LogP contribution is -2.34. The molecule has 1 aromatic rings. The van der Waals surface area contributed by atoms with Gasteiger partial charge >= 0.3 is 0 Å². The predicted octanol–water partition coefficient (Wildman–Crippen LogP) is 2.51. The first-order valence-electron chi connectivity index (χ1n) is 6.86. The van der Waals surface area contributed by atoms with Gasteiger partial charge in [0, 0.05) is 33.2 Å². The minimum Gasteiger partial charge on any atom is -0.308 e. The first-order valence-corrected chi connectivity index (χ1v) is 7.65. The van der Waals surface area contributed by atoms with Crippen molar-refractivity contribution >= 4 is 15.9 Å². The molecule has 0 saturated carbocycles. The lowest BCUT2D eigenvalue weighted by molar-refractivity contribution is 0.207. The van der Waals surface area contributed by atoms with Crippen LogP contribution in [0.5, 0.6) is 0 Å². The van der Waals surface area contributed by atoms with Crippen LogP contribution >= 0.6 is 15.9 Å². The number of aryl methyl sites for hydroxylation is 2. The molecule has 0 bridgehead atoms. The van der Waals surface area contributed by atoms with Crippen molar-refractivity contribution in [3.05, 3.63) is 15.9 Å². The Morgan fingerprint density at radius 2 is 1.89 bits per heavy atom. The molecule has 0 amide bonds. The smallest absolute Gasteiger partial charge is 0.0739 e. The number of hydrogen-bond donors (Lipinski definition) is 0. The molecule has 0 aliphatic carbocycles. The largest absolute Gasteiger partial charge is 0.308 e.